The first-order valence-electron chi connectivity index (χ1n) is 6.93. The fourth-order valence-corrected chi connectivity index (χ4v) is 1.63. The minimum atomic E-state index is -3.74. The highest BCUT2D eigenvalue weighted by atomic mass is 32.2. The molecule has 0 rings (SSSR count). The summed E-state index contributed by atoms with van der Waals surface area (Å²) in [5, 5.41) is -1.82. The molecule has 23 heavy (non-hydrogen) atoms. The maximum absolute atomic E-state index is 11.0. The van der Waals surface area contributed by atoms with Crippen molar-refractivity contribution in [2.24, 2.45) is 0 Å². The van der Waals surface area contributed by atoms with Crippen LogP contribution in [0, 0.1) is 0 Å². The summed E-state index contributed by atoms with van der Waals surface area (Å²) < 4.78 is 77.7. The molecule has 0 saturated heterocycles. The molecule has 2 N–H and O–H groups in total. The maximum Gasteiger partial charge on any atom is 0.267 e. The second kappa shape index (κ2) is 10.6. The summed E-state index contributed by atoms with van der Waals surface area (Å²) in [6.45, 7) is 12.5. The van der Waals surface area contributed by atoms with Crippen molar-refractivity contribution in [1.82, 2.24) is 0 Å². The second-order valence-electron chi connectivity index (χ2n) is 5.81. The fraction of sp³-hybridized carbons (Fsp3) is 1.00. The molecule has 11 heteroatoms. The van der Waals surface area contributed by atoms with Crippen LogP contribution >= 0.6 is 0 Å². The smallest absolute Gasteiger partial charge is 0.267 e. The minimum absolute atomic E-state index is 0.238. The van der Waals surface area contributed by atoms with Crippen LogP contribution in [0.5, 0.6) is 0 Å². The highest BCUT2D eigenvalue weighted by molar-refractivity contribution is 7.92. The van der Waals surface area contributed by atoms with Crippen molar-refractivity contribution in [1.29, 1.82) is 0 Å². The van der Waals surface area contributed by atoms with Gasteiger partial charge in [0, 0.05) is 0 Å². The molecule has 0 aromatic carbocycles. The van der Waals surface area contributed by atoms with Crippen LogP contribution in [0.15, 0.2) is 0 Å². The molecule has 0 fully saturated rings. The Balaban J connectivity index is -0.000000264. The number of hydrogen-bond donors (Lipinski definition) is 2. The van der Waals surface area contributed by atoms with E-state index in [9.17, 15) is 25.3 Å². The van der Waals surface area contributed by atoms with Gasteiger partial charge in [-0.1, -0.05) is 0 Å². The van der Waals surface area contributed by atoms with Gasteiger partial charge in [0.1, 0.15) is 0 Å². The van der Waals surface area contributed by atoms with E-state index in [4.69, 9.17) is 9.11 Å². The van der Waals surface area contributed by atoms with E-state index in [-0.39, 0.29) is 10.5 Å². The van der Waals surface area contributed by atoms with Gasteiger partial charge in [0.15, 0.2) is 9.84 Å². The first kappa shape index (κ1) is 27.6. The topological polar surface area (TPSA) is 143 Å². The van der Waals surface area contributed by atoms with Gasteiger partial charge in [0.2, 0.25) is 0 Å². The van der Waals surface area contributed by atoms with Gasteiger partial charge in [-0.05, 0) is 55.4 Å². The zero-order valence-electron chi connectivity index (χ0n) is 14.9. The molecule has 0 heterocycles. The summed E-state index contributed by atoms with van der Waals surface area (Å²) in [5.41, 5.74) is 0. The Morgan fingerprint density at radius 1 is 0.478 bits per heavy atom. The predicted molar refractivity (Wildman–Crippen MR) is 92.6 cm³/mol. The largest absolute Gasteiger partial charge is 0.285 e. The zero-order chi connectivity index (χ0) is 19.8. The molecular weight excluding hydrogens is 368 g/mol. The Bertz CT molecular complexity index is 561. The quantitative estimate of drug-likeness (QED) is 0.682. The van der Waals surface area contributed by atoms with Gasteiger partial charge in [-0.15, -0.1) is 0 Å². The van der Waals surface area contributed by atoms with Crippen molar-refractivity contribution >= 4 is 30.1 Å². The maximum atomic E-state index is 11.0. The van der Waals surface area contributed by atoms with Gasteiger partial charge in [-0.25, -0.2) is 8.42 Å². The lowest BCUT2D eigenvalue weighted by Gasteiger charge is -2.09. The van der Waals surface area contributed by atoms with E-state index < -0.39 is 40.6 Å². The number of hydrogen-bond acceptors (Lipinski definition) is 6. The molecule has 0 aliphatic rings. The number of sulfone groups is 1. The van der Waals surface area contributed by atoms with Gasteiger partial charge < -0.3 is 0 Å². The van der Waals surface area contributed by atoms with E-state index in [1.165, 1.54) is 27.7 Å². The van der Waals surface area contributed by atoms with Gasteiger partial charge in [0.25, 0.3) is 20.2 Å². The SMILES string of the molecule is CC(C)S(=O)(=O)C(C)C.CC(C)S(=O)(=O)O.CC(C)S(=O)(=O)O. The van der Waals surface area contributed by atoms with E-state index >= 15 is 0 Å². The van der Waals surface area contributed by atoms with Crippen molar-refractivity contribution in [2.75, 3.05) is 0 Å². The van der Waals surface area contributed by atoms with E-state index in [0.717, 1.165) is 0 Å². The Kier molecular flexibility index (Phi) is 12.7. The van der Waals surface area contributed by atoms with Crippen LogP contribution in [0.3, 0.4) is 0 Å². The lowest BCUT2D eigenvalue weighted by molar-refractivity contribution is 0.471. The lowest BCUT2D eigenvalue weighted by Crippen LogP contribution is -2.23. The van der Waals surface area contributed by atoms with Crippen LogP contribution < -0.4 is 0 Å². The van der Waals surface area contributed by atoms with Crippen molar-refractivity contribution in [3.63, 3.8) is 0 Å². The molecule has 0 atom stereocenters. The molecule has 0 spiro atoms. The highest BCUT2D eigenvalue weighted by Crippen LogP contribution is 2.06. The van der Waals surface area contributed by atoms with Crippen LogP contribution in [0.1, 0.15) is 55.4 Å². The molecule has 0 radical (unpaired) electrons. The minimum Gasteiger partial charge on any atom is -0.285 e. The summed E-state index contributed by atoms with van der Waals surface area (Å²) >= 11 is 0. The molecule has 0 saturated carbocycles. The van der Waals surface area contributed by atoms with Crippen LogP contribution in [0.25, 0.3) is 0 Å². The van der Waals surface area contributed by atoms with E-state index in [1.54, 1.807) is 27.7 Å². The molecule has 0 aliphatic heterocycles. The third-order valence-electron chi connectivity index (χ3n) is 2.51. The van der Waals surface area contributed by atoms with Crippen LogP contribution in [0.2, 0.25) is 0 Å². The summed E-state index contributed by atoms with van der Waals surface area (Å²) in [7, 11) is -10.3. The Labute approximate surface area is 141 Å². The van der Waals surface area contributed by atoms with Gasteiger partial charge >= 0.3 is 0 Å². The van der Waals surface area contributed by atoms with E-state index in [0.29, 0.717) is 0 Å². The summed E-state index contributed by atoms with van der Waals surface area (Å²) in [5.74, 6) is 0. The average molecular weight is 399 g/mol. The molecule has 0 unspecified atom stereocenters. The Morgan fingerprint density at radius 3 is 0.609 bits per heavy atom. The van der Waals surface area contributed by atoms with E-state index in [2.05, 4.69) is 0 Å². The van der Waals surface area contributed by atoms with Crippen molar-refractivity contribution in [2.45, 2.75) is 76.4 Å². The third kappa shape index (κ3) is 15.1. The van der Waals surface area contributed by atoms with Crippen molar-refractivity contribution < 1.29 is 34.4 Å². The van der Waals surface area contributed by atoms with Gasteiger partial charge in [-0.3, -0.25) is 9.11 Å². The van der Waals surface area contributed by atoms with Gasteiger partial charge in [-0.2, -0.15) is 16.8 Å². The van der Waals surface area contributed by atoms with E-state index in [1.807, 2.05) is 0 Å². The van der Waals surface area contributed by atoms with Crippen molar-refractivity contribution in [3.05, 3.63) is 0 Å². The molecule has 0 amide bonds. The molecule has 0 aliphatic carbocycles. The molecule has 8 nitrogen and oxygen atoms in total. The monoisotopic (exact) mass is 398 g/mol. The standard InChI is InChI=1S/C6H14O2S.2C3H8O3S/c1-5(2)9(7,8)6(3)4;2*1-3(2)7(4,5)6/h5-6H,1-4H3;2*3H,1-2H3,(H,4,5,6). The fourth-order valence-electron chi connectivity index (χ4n) is 0.544. The third-order valence-corrected chi connectivity index (χ3v) is 7.52. The normalized spacial score (nSPS) is 12.8. The molecule has 0 bridgehead atoms. The Morgan fingerprint density at radius 2 is 0.609 bits per heavy atom. The van der Waals surface area contributed by atoms with Crippen LogP contribution in [-0.2, 0) is 30.1 Å². The molecular formula is C12H30O8S3. The van der Waals surface area contributed by atoms with Crippen molar-refractivity contribution in [3.8, 4) is 0 Å². The van der Waals surface area contributed by atoms with Crippen LogP contribution in [0.4, 0.5) is 0 Å². The first-order valence-corrected chi connectivity index (χ1v) is 11.5. The van der Waals surface area contributed by atoms with Gasteiger partial charge in [0.05, 0.1) is 21.0 Å². The zero-order valence-corrected chi connectivity index (χ0v) is 17.3. The lowest BCUT2D eigenvalue weighted by atomic mass is 10.5. The second-order valence-corrected chi connectivity index (χ2v) is 12.8. The highest BCUT2D eigenvalue weighted by Gasteiger charge is 2.19. The number of rotatable bonds is 4. The molecule has 0 aromatic heterocycles. The average Bonchev–Trinajstić information content (AvgIpc) is 2.27. The summed E-state index contributed by atoms with van der Waals surface area (Å²) in [6.07, 6.45) is 0. The first-order chi connectivity index (χ1) is 9.77. The predicted octanol–water partition coefficient (Wildman–Crippen LogP) is 1.78. The molecule has 144 valence electrons. The summed E-state index contributed by atoms with van der Waals surface area (Å²) in [4.78, 5) is 0. The van der Waals surface area contributed by atoms with Crippen LogP contribution in [-0.4, -0.2) is 55.4 Å². The Hall–Kier alpha value is -0.230. The summed E-state index contributed by atoms with van der Waals surface area (Å²) in [6, 6.07) is 0. The molecule has 0 aromatic rings.